The Bertz CT molecular complexity index is 3500. The van der Waals surface area contributed by atoms with Crippen molar-refractivity contribution >= 4 is 56.9 Å². The fourth-order valence-corrected chi connectivity index (χ4v) is 13.3. The second-order valence-electron chi connectivity index (χ2n) is 22.7. The van der Waals surface area contributed by atoms with Gasteiger partial charge in [-0.3, -0.25) is 0 Å². The van der Waals surface area contributed by atoms with Crippen molar-refractivity contribution < 1.29 is 0 Å². The monoisotopic (exact) mass is 1130 g/mol. The number of rotatable bonds is 26. The Morgan fingerprint density at radius 3 is 0.871 bits per heavy atom. The van der Waals surface area contributed by atoms with E-state index in [0.717, 1.165) is 99.3 Å². The van der Waals surface area contributed by atoms with E-state index in [1.165, 1.54) is 83.9 Å². The van der Waals surface area contributed by atoms with E-state index >= 15 is 0 Å². The first-order chi connectivity index (χ1) is 41.4. The van der Waals surface area contributed by atoms with Crippen molar-refractivity contribution in [2.75, 3.05) is 81.8 Å². The van der Waals surface area contributed by atoms with E-state index in [2.05, 4.69) is 320 Å². The SMILES string of the molecule is CCCc1c(N(CC)CC)ccc(C(c2ccc(N(c3ccccc3)c3ccc(N(c4ccccc4)c4ccc(C(c5ccc(N(CC)CC)cc5C)c5ccc(N(CC)CC)cc5C)cc4)cc3)cc2)c2ccc(N(CC)CC)cc2C)c1C. The standard InChI is InChI=1S/C79H94N6/c1-14-29-75-60(13)76(52-53-77(75)83(21-8)22-9)79(74-51-48-71(56-59(74)12)82(19-6)20-7)62-36-40-66(41-37-62)85(64-32-27-24-28-33-64)68-44-42-67(43-45-68)84(63-30-25-23-26-31-63)65-38-34-61(35-39-65)78(72-49-46-69(54-57(72)10)80(15-2)16-3)73-50-47-70(55-58(73)11)81(17-4)18-5/h23-28,30-56,78-79H,14-22,29H2,1-13H3. The lowest BCUT2D eigenvalue weighted by molar-refractivity contribution is 0.829. The minimum absolute atomic E-state index is 0.0519. The van der Waals surface area contributed by atoms with Crippen molar-refractivity contribution in [2.24, 2.45) is 0 Å². The molecule has 9 aromatic carbocycles. The summed E-state index contributed by atoms with van der Waals surface area (Å²) in [5, 5.41) is 0. The molecular weight excluding hydrogens is 1030 g/mol. The zero-order valence-corrected chi connectivity index (χ0v) is 53.5. The Balaban J connectivity index is 1.10. The van der Waals surface area contributed by atoms with Gasteiger partial charge in [0.25, 0.3) is 0 Å². The highest BCUT2D eigenvalue weighted by molar-refractivity contribution is 5.82. The van der Waals surface area contributed by atoms with E-state index in [1.807, 2.05) is 0 Å². The van der Waals surface area contributed by atoms with E-state index in [4.69, 9.17) is 0 Å². The quantitative estimate of drug-likeness (QED) is 0.0500. The van der Waals surface area contributed by atoms with Gasteiger partial charge in [0.05, 0.1) is 0 Å². The minimum Gasteiger partial charge on any atom is -0.372 e. The predicted molar refractivity (Wildman–Crippen MR) is 371 cm³/mol. The third-order valence-corrected chi connectivity index (χ3v) is 18.0. The summed E-state index contributed by atoms with van der Waals surface area (Å²) in [5.41, 5.74) is 26.6. The largest absolute Gasteiger partial charge is 0.372 e. The fourth-order valence-electron chi connectivity index (χ4n) is 13.3. The number of para-hydroxylation sites is 2. The first-order valence-corrected chi connectivity index (χ1v) is 31.9. The average Bonchev–Trinajstić information content (AvgIpc) is 3.29. The number of hydrogen-bond acceptors (Lipinski definition) is 6. The van der Waals surface area contributed by atoms with E-state index < -0.39 is 0 Å². The molecule has 0 aromatic heterocycles. The van der Waals surface area contributed by atoms with Crippen LogP contribution in [0, 0.1) is 27.7 Å². The lowest BCUT2D eigenvalue weighted by Gasteiger charge is -2.31. The summed E-state index contributed by atoms with van der Waals surface area (Å²) < 4.78 is 0. The summed E-state index contributed by atoms with van der Waals surface area (Å²) in [6.45, 7) is 37.5. The van der Waals surface area contributed by atoms with E-state index in [9.17, 15) is 0 Å². The van der Waals surface area contributed by atoms with Crippen LogP contribution in [-0.2, 0) is 6.42 Å². The van der Waals surface area contributed by atoms with Gasteiger partial charge in [0, 0.05) is 121 Å². The van der Waals surface area contributed by atoms with Crippen molar-refractivity contribution in [1.82, 2.24) is 0 Å². The van der Waals surface area contributed by atoms with Crippen LogP contribution < -0.4 is 29.4 Å². The molecule has 0 aliphatic carbocycles. The van der Waals surface area contributed by atoms with E-state index in [-0.39, 0.29) is 11.8 Å². The number of anilines is 10. The maximum absolute atomic E-state index is 2.52. The van der Waals surface area contributed by atoms with Gasteiger partial charge in [-0.25, -0.2) is 0 Å². The Kier molecular flexibility index (Phi) is 20.6. The molecule has 0 fully saturated rings. The highest BCUT2D eigenvalue weighted by Gasteiger charge is 2.27. The van der Waals surface area contributed by atoms with Gasteiger partial charge in [0.1, 0.15) is 0 Å². The first-order valence-electron chi connectivity index (χ1n) is 31.9. The van der Waals surface area contributed by atoms with Crippen LogP contribution in [0.5, 0.6) is 0 Å². The van der Waals surface area contributed by atoms with Gasteiger partial charge in [-0.05, 0) is 266 Å². The highest BCUT2D eigenvalue weighted by atomic mass is 15.2. The molecule has 0 spiro atoms. The van der Waals surface area contributed by atoms with Gasteiger partial charge in [0.15, 0.2) is 0 Å². The van der Waals surface area contributed by atoms with E-state index in [0.29, 0.717) is 0 Å². The molecule has 6 nitrogen and oxygen atoms in total. The second-order valence-corrected chi connectivity index (χ2v) is 22.7. The minimum atomic E-state index is 0.0519. The number of hydrogen-bond donors (Lipinski definition) is 0. The summed E-state index contributed by atoms with van der Waals surface area (Å²) in [6.07, 6.45) is 2.15. The van der Waals surface area contributed by atoms with Crippen molar-refractivity contribution in [1.29, 1.82) is 0 Å². The van der Waals surface area contributed by atoms with Gasteiger partial charge in [0.2, 0.25) is 0 Å². The molecule has 6 heteroatoms. The summed E-state index contributed by atoms with van der Waals surface area (Å²) in [4.78, 5) is 14.6. The molecule has 0 radical (unpaired) electrons. The zero-order chi connectivity index (χ0) is 60.1. The molecule has 0 saturated carbocycles. The van der Waals surface area contributed by atoms with Crippen molar-refractivity contribution in [3.8, 4) is 0 Å². The number of benzene rings is 9. The lowest BCUT2D eigenvalue weighted by atomic mass is 9.79. The van der Waals surface area contributed by atoms with Gasteiger partial charge < -0.3 is 29.4 Å². The normalized spacial score (nSPS) is 11.6. The Labute approximate surface area is 512 Å². The summed E-state index contributed by atoms with van der Waals surface area (Å²) >= 11 is 0. The molecule has 0 bridgehead atoms. The molecule has 0 amide bonds. The molecule has 1 unspecified atom stereocenters. The number of aryl methyl sites for hydroxylation is 3. The second kappa shape index (κ2) is 28.6. The molecule has 0 aliphatic rings. The van der Waals surface area contributed by atoms with Crippen molar-refractivity contribution in [3.05, 3.63) is 261 Å². The molecule has 85 heavy (non-hydrogen) atoms. The van der Waals surface area contributed by atoms with Crippen LogP contribution in [0.15, 0.2) is 200 Å². The maximum Gasteiger partial charge on any atom is 0.0463 e. The third kappa shape index (κ3) is 13.2. The molecule has 0 N–H and O–H groups in total. The van der Waals surface area contributed by atoms with Gasteiger partial charge >= 0.3 is 0 Å². The van der Waals surface area contributed by atoms with Crippen LogP contribution in [0.2, 0.25) is 0 Å². The Morgan fingerprint density at radius 1 is 0.282 bits per heavy atom. The van der Waals surface area contributed by atoms with Crippen molar-refractivity contribution in [3.63, 3.8) is 0 Å². The molecule has 1 atom stereocenters. The summed E-state index contributed by atoms with van der Waals surface area (Å²) in [5.74, 6) is 0.107. The fraction of sp³-hybridized carbons (Fsp3) is 0.316. The smallest absolute Gasteiger partial charge is 0.0463 e. The predicted octanol–water partition coefficient (Wildman–Crippen LogP) is 20.6. The third-order valence-electron chi connectivity index (χ3n) is 18.0. The van der Waals surface area contributed by atoms with Crippen LogP contribution in [0.25, 0.3) is 0 Å². The van der Waals surface area contributed by atoms with E-state index in [1.54, 1.807) is 0 Å². The van der Waals surface area contributed by atoms with Crippen LogP contribution >= 0.6 is 0 Å². The van der Waals surface area contributed by atoms with Gasteiger partial charge in [-0.15, -0.1) is 0 Å². The molecule has 0 aliphatic heterocycles. The molecule has 9 aromatic rings. The maximum atomic E-state index is 2.52. The zero-order valence-electron chi connectivity index (χ0n) is 53.5. The van der Waals surface area contributed by atoms with Crippen LogP contribution in [-0.4, -0.2) is 52.4 Å². The summed E-state index contributed by atoms with van der Waals surface area (Å²) in [7, 11) is 0. The summed E-state index contributed by atoms with van der Waals surface area (Å²) in [6, 6.07) is 75.7. The Hall–Kier alpha value is -8.22. The highest BCUT2D eigenvalue weighted by Crippen LogP contribution is 2.45. The number of nitrogens with zero attached hydrogens (tertiary/aromatic N) is 6. The van der Waals surface area contributed by atoms with Gasteiger partial charge in [-0.2, -0.15) is 0 Å². The first kappa shape index (κ1) is 61.3. The molecule has 440 valence electrons. The lowest BCUT2D eigenvalue weighted by Crippen LogP contribution is -2.24. The van der Waals surface area contributed by atoms with Crippen LogP contribution in [0.3, 0.4) is 0 Å². The molecule has 0 heterocycles. The van der Waals surface area contributed by atoms with Gasteiger partial charge in [-0.1, -0.05) is 98.3 Å². The molecule has 0 saturated heterocycles. The Morgan fingerprint density at radius 2 is 0.565 bits per heavy atom. The van der Waals surface area contributed by atoms with Crippen LogP contribution in [0.4, 0.5) is 56.9 Å². The van der Waals surface area contributed by atoms with Crippen LogP contribution in [0.1, 0.15) is 142 Å². The molecule has 9 rings (SSSR count). The molecular formula is C79H94N6. The topological polar surface area (TPSA) is 19.4 Å². The average molecular weight is 1130 g/mol. The van der Waals surface area contributed by atoms with Crippen molar-refractivity contribution in [2.45, 2.75) is 115 Å².